The van der Waals surface area contributed by atoms with Crippen LogP contribution in [0.3, 0.4) is 0 Å². The average Bonchev–Trinajstić information content (AvgIpc) is 3.09. The van der Waals surface area contributed by atoms with Crippen LogP contribution in [0.4, 0.5) is 0 Å². The Labute approximate surface area is 106 Å². The summed E-state index contributed by atoms with van der Waals surface area (Å²) >= 11 is 0. The molecule has 0 aromatic heterocycles. The maximum atomic E-state index is 5.91. The summed E-state index contributed by atoms with van der Waals surface area (Å²) in [5, 5.41) is 3.18. The lowest BCUT2D eigenvalue weighted by molar-refractivity contribution is 0.241. The van der Waals surface area contributed by atoms with Gasteiger partial charge < -0.3 is 16.0 Å². The van der Waals surface area contributed by atoms with E-state index in [1.165, 1.54) is 32.4 Å². The lowest BCUT2D eigenvalue weighted by atomic mass is 10.0. The molecule has 1 aliphatic carbocycles. The second-order valence-electron chi connectivity index (χ2n) is 5.53. The molecule has 17 heavy (non-hydrogen) atoms. The van der Waals surface area contributed by atoms with Crippen LogP contribution in [0.5, 0.6) is 0 Å². The molecule has 1 aliphatic rings. The number of hydrogen-bond acceptors (Lipinski definition) is 3. The highest BCUT2D eigenvalue weighted by Gasteiger charge is 2.24. The molecular formula is C14H29N3. The van der Waals surface area contributed by atoms with Crippen molar-refractivity contribution >= 4 is 0 Å². The van der Waals surface area contributed by atoms with Crippen LogP contribution in [0.2, 0.25) is 0 Å². The lowest BCUT2D eigenvalue weighted by Gasteiger charge is -2.25. The molecule has 0 aliphatic heterocycles. The average molecular weight is 239 g/mol. The van der Waals surface area contributed by atoms with Crippen LogP contribution >= 0.6 is 0 Å². The molecular weight excluding hydrogens is 210 g/mol. The fraction of sp³-hybridized carbons (Fsp3) is 0.857. The maximum Gasteiger partial charge on any atom is 0.0269 e. The summed E-state index contributed by atoms with van der Waals surface area (Å²) in [4.78, 5) is 2.58. The molecule has 0 spiro atoms. The van der Waals surface area contributed by atoms with Crippen LogP contribution in [-0.4, -0.2) is 37.1 Å². The molecule has 1 fully saturated rings. The Morgan fingerprint density at radius 1 is 1.41 bits per heavy atom. The Balaban J connectivity index is 2.21. The van der Waals surface area contributed by atoms with Crippen LogP contribution in [0.15, 0.2) is 12.8 Å². The van der Waals surface area contributed by atoms with E-state index >= 15 is 0 Å². The highest BCUT2D eigenvalue weighted by Crippen LogP contribution is 2.29. The summed E-state index contributed by atoms with van der Waals surface area (Å²) in [5.41, 5.74) is 5.91. The van der Waals surface area contributed by atoms with Crippen LogP contribution in [0, 0.1) is 11.8 Å². The van der Waals surface area contributed by atoms with Crippen molar-refractivity contribution in [2.45, 2.75) is 39.2 Å². The Bertz CT molecular complexity index is 212. The van der Waals surface area contributed by atoms with Gasteiger partial charge in [-0.05, 0) is 50.8 Å². The number of nitrogens with one attached hydrogen (secondary N) is 1. The summed E-state index contributed by atoms with van der Waals surface area (Å²) < 4.78 is 0. The predicted octanol–water partition coefficient (Wildman–Crippen LogP) is 1.80. The SMILES string of the molecule is C=CNCCN(CCC(C)C(C)N)CC1CC1. The van der Waals surface area contributed by atoms with Gasteiger partial charge in [-0.2, -0.15) is 0 Å². The zero-order valence-corrected chi connectivity index (χ0v) is 11.5. The first-order valence-corrected chi connectivity index (χ1v) is 6.95. The number of nitrogens with zero attached hydrogens (tertiary/aromatic N) is 1. The summed E-state index contributed by atoms with van der Waals surface area (Å²) in [7, 11) is 0. The third-order valence-corrected chi connectivity index (χ3v) is 3.73. The molecule has 0 saturated heterocycles. The second-order valence-corrected chi connectivity index (χ2v) is 5.53. The monoisotopic (exact) mass is 239 g/mol. The van der Waals surface area contributed by atoms with Crippen molar-refractivity contribution in [2.24, 2.45) is 17.6 Å². The van der Waals surface area contributed by atoms with E-state index in [1.54, 1.807) is 6.20 Å². The molecule has 1 rings (SSSR count). The first-order valence-electron chi connectivity index (χ1n) is 6.95. The zero-order chi connectivity index (χ0) is 12.7. The minimum atomic E-state index is 0.309. The normalized spacial score (nSPS) is 19.1. The fourth-order valence-electron chi connectivity index (χ4n) is 1.93. The molecule has 3 nitrogen and oxygen atoms in total. The van der Waals surface area contributed by atoms with Gasteiger partial charge in [0.15, 0.2) is 0 Å². The van der Waals surface area contributed by atoms with E-state index in [9.17, 15) is 0 Å². The molecule has 0 aromatic carbocycles. The van der Waals surface area contributed by atoms with Crippen molar-refractivity contribution in [1.82, 2.24) is 10.2 Å². The quantitative estimate of drug-likeness (QED) is 0.571. The molecule has 3 heteroatoms. The molecule has 2 unspecified atom stereocenters. The van der Waals surface area contributed by atoms with E-state index in [-0.39, 0.29) is 0 Å². The van der Waals surface area contributed by atoms with Gasteiger partial charge >= 0.3 is 0 Å². The number of hydrogen-bond donors (Lipinski definition) is 2. The summed E-state index contributed by atoms with van der Waals surface area (Å²) in [6, 6.07) is 0.309. The van der Waals surface area contributed by atoms with E-state index < -0.39 is 0 Å². The van der Waals surface area contributed by atoms with Gasteiger partial charge in [-0.15, -0.1) is 0 Å². The maximum absolute atomic E-state index is 5.91. The minimum Gasteiger partial charge on any atom is -0.390 e. The fourth-order valence-corrected chi connectivity index (χ4v) is 1.93. The molecule has 1 saturated carbocycles. The Hall–Kier alpha value is -0.540. The molecule has 100 valence electrons. The molecule has 2 atom stereocenters. The first-order chi connectivity index (χ1) is 8.13. The van der Waals surface area contributed by atoms with Gasteiger partial charge in [0.25, 0.3) is 0 Å². The summed E-state index contributed by atoms with van der Waals surface area (Å²) in [6.45, 7) is 12.6. The lowest BCUT2D eigenvalue weighted by Crippen LogP contribution is -2.35. The Kier molecular flexibility index (Phi) is 6.60. The molecule has 0 bridgehead atoms. The predicted molar refractivity (Wildman–Crippen MR) is 74.8 cm³/mol. The topological polar surface area (TPSA) is 41.3 Å². The van der Waals surface area contributed by atoms with Crippen molar-refractivity contribution in [1.29, 1.82) is 0 Å². The molecule has 0 heterocycles. The van der Waals surface area contributed by atoms with Gasteiger partial charge in [-0.3, -0.25) is 0 Å². The number of nitrogens with two attached hydrogens (primary N) is 1. The van der Waals surface area contributed by atoms with Crippen molar-refractivity contribution < 1.29 is 0 Å². The van der Waals surface area contributed by atoms with E-state index in [1.807, 2.05) is 0 Å². The van der Waals surface area contributed by atoms with E-state index in [4.69, 9.17) is 5.73 Å². The highest BCUT2D eigenvalue weighted by molar-refractivity contribution is 4.79. The van der Waals surface area contributed by atoms with Crippen molar-refractivity contribution in [3.8, 4) is 0 Å². The summed E-state index contributed by atoms with van der Waals surface area (Å²) in [6.07, 6.45) is 5.83. The van der Waals surface area contributed by atoms with Gasteiger partial charge in [0.2, 0.25) is 0 Å². The van der Waals surface area contributed by atoms with Crippen LogP contribution in [0.25, 0.3) is 0 Å². The smallest absolute Gasteiger partial charge is 0.0269 e. The molecule has 0 aromatic rings. The van der Waals surface area contributed by atoms with Crippen molar-refractivity contribution in [3.63, 3.8) is 0 Å². The van der Waals surface area contributed by atoms with E-state index in [2.05, 4.69) is 30.6 Å². The van der Waals surface area contributed by atoms with E-state index in [0.717, 1.165) is 19.0 Å². The van der Waals surface area contributed by atoms with Gasteiger partial charge in [-0.25, -0.2) is 0 Å². The van der Waals surface area contributed by atoms with Crippen molar-refractivity contribution in [3.05, 3.63) is 12.8 Å². The number of rotatable bonds is 10. The van der Waals surface area contributed by atoms with Crippen LogP contribution < -0.4 is 11.1 Å². The van der Waals surface area contributed by atoms with Gasteiger partial charge in [0.1, 0.15) is 0 Å². The van der Waals surface area contributed by atoms with Gasteiger partial charge in [0.05, 0.1) is 0 Å². The Morgan fingerprint density at radius 2 is 2.12 bits per heavy atom. The Morgan fingerprint density at radius 3 is 2.65 bits per heavy atom. The highest BCUT2D eigenvalue weighted by atomic mass is 15.1. The van der Waals surface area contributed by atoms with Gasteiger partial charge in [-0.1, -0.05) is 13.5 Å². The second kappa shape index (κ2) is 7.72. The zero-order valence-electron chi connectivity index (χ0n) is 11.5. The summed E-state index contributed by atoms with van der Waals surface area (Å²) in [5.74, 6) is 1.58. The first kappa shape index (κ1) is 14.5. The van der Waals surface area contributed by atoms with Gasteiger partial charge in [0, 0.05) is 25.7 Å². The van der Waals surface area contributed by atoms with Crippen molar-refractivity contribution in [2.75, 3.05) is 26.2 Å². The third-order valence-electron chi connectivity index (χ3n) is 3.73. The van der Waals surface area contributed by atoms with Crippen LogP contribution in [0.1, 0.15) is 33.1 Å². The van der Waals surface area contributed by atoms with E-state index in [0.29, 0.717) is 12.0 Å². The third kappa shape index (κ3) is 6.69. The standard InChI is InChI=1S/C14H29N3/c1-4-16-8-10-17(11-14-5-6-14)9-7-12(2)13(3)15/h4,12-14,16H,1,5-11,15H2,2-3H3. The molecule has 3 N–H and O–H groups in total. The minimum absolute atomic E-state index is 0.309. The molecule has 0 amide bonds. The largest absolute Gasteiger partial charge is 0.390 e. The molecule has 0 radical (unpaired) electrons. The van der Waals surface area contributed by atoms with Crippen LogP contribution in [-0.2, 0) is 0 Å².